The number of rotatable bonds is 5. The van der Waals surface area contributed by atoms with Crippen molar-refractivity contribution >= 4 is 16.6 Å². The number of anilines is 1. The molecule has 2 heterocycles. The Kier molecular flexibility index (Phi) is 4.76. The van der Waals surface area contributed by atoms with Crippen LogP contribution in [-0.2, 0) is 6.61 Å². The van der Waals surface area contributed by atoms with E-state index < -0.39 is 0 Å². The van der Waals surface area contributed by atoms with E-state index in [1.165, 1.54) is 17.7 Å². The van der Waals surface area contributed by atoms with Crippen molar-refractivity contribution in [3.05, 3.63) is 66.4 Å². The standard InChI is InChI=1S/C22H25N3O/c1-24(2)19-10-11-25(15-19)20-12-18-13-21(8-9-22(18)23-14-20)26-16-17-6-4-3-5-7-17/h3-9,12-14,19H,10-11,15-16H2,1-2H3. The van der Waals surface area contributed by atoms with Crippen molar-refractivity contribution < 1.29 is 4.74 Å². The summed E-state index contributed by atoms with van der Waals surface area (Å²) in [6.07, 6.45) is 3.19. The van der Waals surface area contributed by atoms with E-state index in [-0.39, 0.29) is 0 Å². The van der Waals surface area contributed by atoms with E-state index in [9.17, 15) is 0 Å². The molecule has 2 aromatic carbocycles. The Morgan fingerprint density at radius 1 is 1.12 bits per heavy atom. The highest BCUT2D eigenvalue weighted by molar-refractivity contribution is 5.83. The number of hydrogen-bond donors (Lipinski definition) is 0. The number of hydrogen-bond acceptors (Lipinski definition) is 4. The lowest BCUT2D eigenvalue weighted by atomic mass is 10.2. The summed E-state index contributed by atoms with van der Waals surface area (Å²) in [4.78, 5) is 9.38. The molecule has 0 amide bonds. The molecule has 1 aliphatic heterocycles. The summed E-state index contributed by atoms with van der Waals surface area (Å²) >= 11 is 0. The van der Waals surface area contributed by atoms with Gasteiger partial charge in [-0.3, -0.25) is 4.98 Å². The van der Waals surface area contributed by atoms with Gasteiger partial charge in [0.1, 0.15) is 12.4 Å². The molecule has 1 unspecified atom stereocenters. The number of fused-ring (bicyclic) bond motifs is 1. The number of nitrogens with zero attached hydrogens (tertiary/aromatic N) is 3. The quantitative estimate of drug-likeness (QED) is 0.699. The predicted molar refractivity (Wildman–Crippen MR) is 107 cm³/mol. The summed E-state index contributed by atoms with van der Waals surface area (Å²) in [6, 6.07) is 19.2. The first-order chi connectivity index (χ1) is 12.7. The second-order valence-electron chi connectivity index (χ2n) is 7.17. The number of benzene rings is 2. The molecule has 1 atom stereocenters. The minimum atomic E-state index is 0.579. The highest BCUT2D eigenvalue weighted by atomic mass is 16.5. The second kappa shape index (κ2) is 7.34. The van der Waals surface area contributed by atoms with Gasteiger partial charge in [0.25, 0.3) is 0 Å². The topological polar surface area (TPSA) is 28.6 Å². The first-order valence-corrected chi connectivity index (χ1v) is 9.17. The van der Waals surface area contributed by atoms with Crippen molar-refractivity contribution in [3.63, 3.8) is 0 Å². The van der Waals surface area contributed by atoms with Gasteiger partial charge in [0.05, 0.1) is 17.4 Å². The third-order valence-electron chi connectivity index (χ3n) is 5.15. The van der Waals surface area contributed by atoms with Crippen LogP contribution in [-0.4, -0.2) is 43.1 Å². The van der Waals surface area contributed by atoms with Crippen molar-refractivity contribution in [1.29, 1.82) is 0 Å². The molecule has 0 spiro atoms. The molecule has 26 heavy (non-hydrogen) atoms. The van der Waals surface area contributed by atoms with Crippen LogP contribution in [0.4, 0.5) is 5.69 Å². The van der Waals surface area contributed by atoms with E-state index >= 15 is 0 Å². The van der Waals surface area contributed by atoms with Gasteiger partial charge in [-0.1, -0.05) is 30.3 Å². The third kappa shape index (κ3) is 3.65. The predicted octanol–water partition coefficient (Wildman–Crippen LogP) is 3.95. The Labute approximate surface area is 155 Å². The number of ether oxygens (including phenoxy) is 1. The molecule has 4 rings (SSSR count). The average Bonchev–Trinajstić information content (AvgIpc) is 3.17. The molecule has 0 bridgehead atoms. The lowest BCUT2D eigenvalue weighted by molar-refractivity contribution is 0.306. The molecule has 4 heteroatoms. The highest BCUT2D eigenvalue weighted by Gasteiger charge is 2.24. The maximum atomic E-state index is 5.97. The Morgan fingerprint density at radius 3 is 2.73 bits per heavy atom. The number of pyridine rings is 1. The van der Waals surface area contributed by atoms with Gasteiger partial charge in [-0.15, -0.1) is 0 Å². The van der Waals surface area contributed by atoms with E-state index in [1.54, 1.807) is 0 Å². The third-order valence-corrected chi connectivity index (χ3v) is 5.15. The first kappa shape index (κ1) is 16.9. The zero-order valence-corrected chi connectivity index (χ0v) is 15.4. The van der Waals surface area contributed by atoms with Crippen LogP contribution in [0.5, 0.6) is 5.75 Å². The van der Waals surface area contributed by atoms with Gasteiger partial charge in [0.15, 0.2) is 0 Å². The van der Waals surface area contributed by atoms with Crippen LogP contribution in [0.25, 0.3) is 10.9 Å². The van der Waals surface area contributed by atoms with Crippen LogP contribution in [0.3, 0.4) is 0 Å². The van der Waals surface area contributed by atoms with Crippen LogP contribution in [0, 0.1) is 0 Å². The molecule has 0 radical (unpaired) electrons. The molecule has 0 N–H and O–H groups in total. The molecule has 1 aliphatic rings. The van der Waals surface area contributed by atoms with Gasteiger partial charge >= 0.3 is 0 Å². The SMILES string of the molecule is CN(C)C1CCN(c2cnc3ccc(OCc4ccccc4)cc3c2)C1. The van der Waals surface area contributed by atoms with Gasteiger partial charge in [-0.2, -0.15) is 0 Å². The lowest BCUT2D eigenvalue weighted by Gasteiger charge is -2.21. The van der Waals surface area contributed by atoms with Crippen LogP contribution in [0.1, 0.15) is 12.0 Å². The summed E-state index contributed by atoms with van der Waals surface area (Å²) in [5, 5.41) is 1.13. The number of aromatic nitrogens is 1. The highest BCUT2D eigenvalue weighted by Crippen LogP contribution is 2.27. The fraction of sp³-hybridized carbons (Fsp3) is 0.318. The smallest absolute Gasteiger partial charge is 0.120 e. The first-order valence-electron chi connectivity index (χ1n) is 9.17. The van der Waals surface area contributed by atoms with Gasteiger partial charge in [-0.25, -0.2) is 0 Å². The molecule has 1 saturated heterocycles. The van der Waals surface area contributed by atoms with Crippen molar-refractivity contribution in [3.8, 4) is 5.75 Å². The molecular weight excluding hydrogens is 322 g/mol. The van der Waals surface area contributed by atoms with Gasteiger partial charge in [0, 0.05) is 24.5 Å². The molecular formula is C22H25N3O. The summed E-state index contributed by atoms with van der Waals surface area (Å²) in [5.41, 5.74) is 3.37. The van der Waals surface area contributed by atoms with Crippen molar-refractivity contribution in [2.24, 2.45) is 0 Å². The Hall–Kier alpha value is -2.59. The van der Waals surface area contributed by atoms with E-state index in [2.05, 4.69) is 53.1 Å². The maximum absolute atomic E-state index is 5.97. The van der Waals surface area contributed by atoms with Crippen molar-refractivity contribution in [2.45, 2.75) is 19.1 Å². The molecule has 1 fully saturated rings. The summed E-state index contributed by atoms with van der Waals surface area (Å²) in [6.45, 7) is 2.72. The largest absolute Gasteiger partial charge is 0.489 e. The fourth-order valence-electron chi connectivity index (χ4n) is 3.50. The van der Waals surface area contributed by atoms with E-state index in [1.807, 2.05) is 36.5 Å². The van der Waals surface area contributed by atoms with Gasteiger partial charge < -0.3 is 14.5 Å². The van der Waals surface area contributed by atoms with Crippen molar-refractivity contribution in [2.75, 3.05) is 32.1 Å². The zero-order valence-electron chi connectivity index (χ0n) is 15.4. The minimum Gasteiger partial charge on any atom is -0.489 e. The zero-order chi connectivity index (χ0) is 17.9. The lowest BCUT2D eigenvalue weighted by Crippen LogP contribution is -2.31. The normalized spacial score (nSPS) is 17.2. The summed E-state index contributed by atoms with van der Waals surface area (Å²) in [5.74, 6) is 0.882. The van der Waals surface area contributed by atoms with E-state index in [0.717, 1.165) is 29.7 Å². The molecule has 3 aromatic rings. The fourth-order valence-corrected chi connectivity index (χ4v) is 3.50. The van der Waals surface area contributed by atoms with Gasteiger partial charge in [-0.05, 0) is 50.3 Å². The summed E-state index contributed by atoms with van der Waals surface area (Å²) < 4.78 is 5.97. The maximum Gasteiger partial charge on any atom is 0.120 e. The van der Waals surface area contributed by atoms with E-state index in [4.69, 9.17) is 4.74 Å². The second-order valence-corrected chi connectivity index (χ2v) is 7.17. The van der Waals surface area contributed by atoms with Crippen LogP contribution >= 0.6 is 0 Å². The Morgan fingerprint density at radius 2 is 1.96 bits per heavy atom. The van der Waals surface area contributed by atoms with Crippen LogP contribution in [0.2, 0.25) is 0 Å². The van der Waals surface area contributed by atoms with Gasteiger partial charge in [0.2, 0.25) is 0 Å². The summed E-state index contributed by atoms with van der Waals surface area (Å²) in [7, 11) is 4.31. The molecule has 0 saturated carbocycles. The monoisotopic (exact) mass is 347 g/mol. The molecule has 4 nitrogen and oxygen atoms in total. The van der Waals surface area contributed by atoms with Crippen LogP contribution in [0.15, 0.2) is 60.8 Å². The Bertz CT molecular complexity index is 879. The Balaban J connectivity index is 1.51. The molecule has 134 valence electrons. The minimum absolute atomic E-state index is 0.579. The molecule has 0 aliphatic carbocycles. The van der Waals surface area contributed by atoms with Crippen molar-refractivity contribution in [1.82, 2.24) is 9.88 Å². The van der Waals surface area contributed by atoms with Crippen LogP contribution < -0.4 is 9.64 Å². The van der Waals surface area contributed by atoms with E-state index in [0.29, 0.717) is 12.6 Å². The average molecular weight is 347 g/mol. The molecule has 1 aromatic heterocycles. The number of likely N-dealkylation sites (N-methyl/N-ethyl adjacent to an activating group) is 1.